The molecule has 1 nitrogen and oxygen atoms in total. The Bertz CT molecular complexity index is 639. The summed E-state index contributed by atoms with van der Waals surface area (Å²) in [6.45, 7) is 1.72. The summed E-state index contributed by atoms with van der Waals surface area (Å²) in [6.07, 6.45) is 0.431. The zero-order chi connectivity index (χ0) is 15.6. The van der Waals surface area contributed by atoms with Crippen LogP contribution in [0.25, 0.3) is 0 Å². The van der Waals surface area contributed by atoms with Gasteiger partial charge >= 0.3 is 0 Å². The number of hydrogen-bond acceptors (Lipinski definition) is 1. The normalized spacial score (nSPS) is 14.0. The van der Waals surface area contributed by atoms with E-state index in [-0.39, 0.29) is 22.3 Å². The molecule has 0 saturated carbocycles. The molecule has 2 rings (SSSR count). The minimum Gasteiger partial charge on any atom is -0.325 e. The average Bonchev–Trinajstić information content (AvgIpc) is 2.42. The van der Waals surface area contributed by atoms with Gasteiger partial charge in [-0.15, -0.1) is 0 Å². The molecule has 0 aliphatic heterocycles. The van der Waals surface area contributed by atoms with E-state index < -0.39 is 17.2 Å². The Labute approximate surface area is 130 Å². The fourth-order valence-electron chi connectivity index (χ4n) is 2.27. The van der Waals surface area contributed by atoms with Gasteiger partial charge in [-0.05, 0) is 65.5 Å². The summed E-state index contributed by atoms with van der Waals surface area (Å²) in [5.74, 6) is -1.58. The van der Waals surface area contributed by atoms with Gasteiger partial charge in [-0.25, -0.2) is 13.2 Å². The van der Waals surface area contributed by atoms with E-state index in [1.165, 1.54) is 24.3 Å². The van der Waals surface area contributed by atoms with Crippen LogP contribution in [0.2, 0.25) is 0 Å². The zero-order valence-corrected chi connectivity index (χ0v) is 13.1. The van der Waals surface area contributed by atoms with Gasteiger partial charge in [0.15, 0.2) is 0 Å². The van der Waals surface area contributed by atoms with E-state index in [1.807, 2.05) is 0 Å². The van der Waals surface area contributed by atoms with Crippen LogP contribution in [0.15, 0.2) is 40.9 Å². The smallest absolute Gasteiger partial charge is 0.143 e. The molecule has 0 amide bonds. The van der Waals surface area contributed by atoms with Gasteiger partial charge in [0.2, 0.25) is 0 Å². The van der Waals surface area contributed by atoms with Crippen molar-refractivity contribution in [1.29, 1.82) is 0 Å². The highest BCUT2D eigenvalue weighted by molar-refractivity contribution is 9.10. The van der Waals surface area contributed by atoms with Crippen molar-refractivity contribution in [2.45, 2.75) is 25.3 Å². The van der Waals surface area contributed by atoms with Crippen LogP contribution in [-0.2, 0) is 12.8 Å². The quantitative estimate of drug-likeness (QED) is 0.807. The van der Waals surface area contributed by atoms with Gasteiger partial charge in [0.05, 0.1) is 4.47 Å². The second-order valence-corrected chi connectivity index (χ2v) is 6.31. The van der Waals surface area contributed by atoms with Crippen molar-refractivity contribution in [3.05, 3.63) is 69.4 Å². The van der Waals surface area contributed by atoms with Crippen LogP contribution in [0.3, 0.4) is 0 Å². The third-order valence-corrected chi connectivity index (χ3v) is 3.85. The van der Waals surface area contributed by atoms with E-state index in [2.05, 4.69) is 15.9 Å². The van der Waals surface area contributed by atoms with Crippen molar-refractivity contribution in [2.24, 2.45) is 5.73 Å². The highest BCUT2D eigenvalue weighted by Gasteiger charge is 2.24. The topological polar surface area (TPSA) is 26.0 Å². The predicted octanol–water partition coefficient (Wildman–Crippen LogP) is 4.37. The van der Waals surface area contributed by atoms with Crippen molar-refractivity contribution in [3.63, 3.8) is 0 Å². The average molecular weight is 358 g/mol. The molecule has 0 spiro atoms. The Hall–Kier alpha value is -1.33. The lowest BCUT2D eigenvalue weighted by Gasteiger charge is -2.25. The Morgan fingerprint density at radius 3 is 2.24 bits per heavy atom. The van der Waals surface area contributed by atoms with Gasteiger partial charge in [0.1, 0.15) is 17.5 Å². The fraction of sp³-hybridized carbons (Fsp3) is 0.250. The first-order chi connectivity index (χ1) is 9.78. The first-order valence-corrected chi connectivity index (χ1v) is 7.23. The van der Waals surface area contributed by atoms with E-state index in [1.54, 1.807) is 19.1 Å². The van der Waals surface area contributed by atoms with Crippen LogP contribution >= 0.6 is 15.9 Å². The SMILES string of the molecule is CC(N)(Cc1ccc(F)cc1)Cc1c(F)ccc(Br)c1F. The number of rotatable bonds is 4. The van der Waals surface area contributed by atoms with Crippen molar-refractivity contribution in [1.82, 2.24) is 0 Å². The summed E-state index contributed by atoms with van der Waals surface area (Å²) >= 11 is 3.04. The van der Waals surface area contributed by atoms with Gasteiger partial charge in [-0.1, -0.05) is 12.1 Å². The van der Waals surface area contributed by atoms with Crippen LogP contribution in [0.5, 0.6) is 0 Å². The van der Waals surface area contributed by atoms with Crippen LogP contribution in [0.4, 0.5) is 13.2 Å². The van der Waals surface area contributed by atoms with Crippen molar-refractivity contribution in [2.75, 3.05) is 0 Å². The molecule has 2 N–H and O–H groups in total. The number of benzene rings is 2. The maximum Gasteiger partial charge on any atom is 0.143 e. The molecule has 1 unspecified atom stereocenters. The van der Waals surface area contributed by atoms with Gasteiger partial charge < -0.3 is 5.73 Å². The molecule has 0 fully saturated rings. The molecule has 0 heterocycles. The molecular weight excluding hydrogens is 343 g/mol. The monoisotopic (exact) mass is 357 g/mol. The summed E-state index contributed by atoms with van der Waals surface area (Å²) < 4.78 is 40.9. The molecule has 0 aromatic heterocycles. The second-order valence-electron chi connectivity index (χ2n) is 5.46. The Morgan fingerprint density at radius 2 is 1.62 bits per heavy atom. The van der Waals surface area contributed by atoms with E-state index in [0.717, 1.165) is 5.56 Å². The molecule has 0 saturated heterocycles. The number of nitrogens with two attached hydrogens (primary N) is 1. The zero-order valence-electron chi connectivity index (χ0n) is 11.5. The lowest BCUT2D eigenvalue weighted by Crippen LogP contribution is -2.41. The van der Waals surface area contributed by atoms with Gasteiger partial charge in [-0.2, -0.15) is 0 Å². The highest BCUT2D eigenvalue weighted by atomic mass is 79.9. The first kappa shape index (κ1) is 16.0. The van der Waals surface area contributed by atoms with E-state index in [0.29, 0.717) is 6.42 Å². The summed E-state index contributed by atoms with van der Waals surface area (Å²) in [5, 5.41) is 0. The Morgan fingerprint density at radius 1 is 1.00 bits per heavy atom. The summed E-state index contributed by atoms with van der Waals surface area (Å²) in [7, 11) is 0. The molecule has 0 radical (unpaired) electrons. The third-order valence-electron chi connectivity index (χ3n) is 3.24. The molecule has 2 aromatic carbocycles. The highest BCUT2D eigenvalue weighted by Crippen LogP contribution is 2.26. The van der Waals surface area contributed by atoms with Gasteiger partial charge in [-0.3, -0.25) is 0 Å². The largest absolute Gasteiger partial charge is 0.325 e. The van der Waals surface area contributed by atoms with Gasteiger partial charge in [0.25, 0.3) is 0 Å². The summed E-state index contributed by atoms with van der Waals surface area (Å²) in [6, 6.07) is 8.44. The molecule has 1 atom stereocenters. The molecule has 112 valence electrons. The minimum absolute atomic E-state index is 0.0431. The molecule has 5 heteroatoms. The Balaban J connectivity index is 2.21. The first-order valence-electron chi connectivity index (χ1n) is 6.44. The molecule has 0 aliphatic rings. The Kier molecular flexibility index (Phi) is 4.74. The lowest BCUT2D eigenvalue weighted by atomic mass is 9.87. The van der Waals surface area contributed by atoms with Crippen LogP contribution in [-0.4, -0.2) is 5.54 Å². The second kappa shape index (κ2) is 6.20. The summed E-state index contributed by atoms with van der Waals surface area (Å²) in [4.78, 5) is 0. The maximum absolute atomic E-state index is 14.0. The van der Waals surface area contributed by atoms with Crippen LogP contribution in [0, 0.1) is 17.5 Å². The van der Waals surface area contributed by atoms with Crippen molar-refractivity contribution in [3.8, 4) is 0 Å². The predicted molar refractivity (Wildman–Crippen MR) is 80.5 cm³/mol. The number of halogens is 4. The van der Waals surface area contributed by atoms with E-state index in [4.69, 9.17) is 5.73 Å². The van der Waals surface area contributed by atoms with Crippen molar-refractivity contribution < 1.29 is 13.2 Å². The van der Waals surface area contributed by atoms with Gasteiger partial charge in [0, 0.05) is 11.1 Å². The van der Waals surface area contributed by atoms with Crippen LogP contribution in [0.1, 0.15) is 18.1 Å². The van der Waals surface area contributed by atoms with E-state index >= 15 is 0 Å². The minimum atomic E-state index is -0.847. The fourth-order valence-corrected chi connectivity index (χ4v) is 2.64. The lowest BCUT2D eigenvalue weighted by molar-refractivity contribution is 0.435. The molecule has 21 heavy (non-hydrogen) atoms. The maximum atomic E-state index is 14.0. The van der Waals surface area contributed by atoms with E-state index in [9.17, 15) is 13.2 Å². The third kappa shape index (κ3) is 4.08. The number of hydrogen-bond donors (Lipinski definition) is 1. The molecule has 2 aromatic rings. The molecule has 0 bridgehead atoms. The molecular formula is C16H15BrF3N. The van der Waals surface area contributed by atoms with Crippen molar-refractivity contribution >= 4 is 15.9 Å². The van der Waals surface area contributed by atoms with Crippen LogP contribution < -0.4 is 5.73 Å². The molecule has 0 aliphatic carbocycles. The standard InChI is InChI=1S/C16H15BrF3N/c1-16(21,8-10-2-4-11(18)5-3-10)9-12-14(19)7-6-13(17)15(12)20/h2-7H,8-9,21H2,1H3. The summed E-state index contributed by atoms with van der Waals surface area (Å²) in [5.41, 5.74) is 6.09.